The highest BCUT2D eigenvalue weighted by Crippen LogP contribution is 2.17. The van der Waals surface area contributed by atoms with Gasteiger partial charge in [-0.15, -0.1) is 0 Å². The molecule has 0 atom stereocenters. The van der Waals surface area contributed by atoms with Gasteiger partial charge < -0.3 is 4.90 Å². The van der Waals surface area contributed by atoms with Gasteiger partial charge in [0.25, 0.3) is 5.91 Å². The molecule has 0 radical (unpaired) electrons. The number of rotatable bonds is 5. The molecule has 0 aliphatic rings. The summed E-state index contributed by atoms with van der Waals surface area (Å²) in [5.74, 6) is -0.0295. The second-order valence-corrected chi connectivity index (χ2v) is 5.44. The van der Waals surface area contributed by atoms with Crippen LogP contribution in [0.15, 0.2) is 0 Å². The van der Waals surface area contributed by atoms with Crippen molar-refractivity contribution < 1.29 is 4.79 Å². The molecule has 1 aromatic heterocycles. The highest BCUT2D eigenvalue weighted by Gasteiger charge is 2.21. The van der Waals surface area contributed by atoms with Crippen LogP contribution in [0, 0.1) is 6.92 Å². The monoisotopic (exact) mass is 266 g/mol. The highest BCUT2D eigenvalue weighted by molar-refractivity contribution is 5.93. The van der Waals surface area contributed by atoms with Crippen molar-refractivity contribution in [2.24, 2.45) is 0 Å². The van der Waals surface area contributed by atoms with Crippen LogP contribution < -0.4 is 0 Å². The predicted molar refractivity (Wildman–Crippen MR) is 77.3 cm³/mol. The Morgan fingerprint density at radius 3 is 2.32 bits per heavy atom. The van der Waals surface area contributed by atoms with Gasteiger partial charge >= 0.3 is 0 Å². The first-order valence-electron chi connectivity index (χ1n) is 6.77. The van der Waals surface area contributed by atoms with Crippen molar-refractivity contribution in [3.8, 4) is 0 Å². The molecule has 0 aliphatic heterocycles. The smallest absolute Gasteiger partial charge is 0.274 e. The summed E-state index contributed by atoms with van der Waals surface area (Å²) in [6, 6.07) is 0.465. The Balaban J connectivity index is 3.14. The molecule has 1 rings (SSSR count). The second kappa shape index (κ2) is 6.19. The fourth-order valence-electron chi connectivity index (χ4n) is 1.88. The molecule has 108 valence electrons. The summed E-state index contributed by atoms with van der Waals surface area (Å²) in [6.45, 7) is 9.95. The quantitative estimate of drug-likeness (QED) is 0.815. The van der Waals surface area contributed by atoms with Gasteiger partial charge in [0.1, 0.15) is 0 Å². The zero-order valence-electron chi connectivity index (χ0n) is 13.2. The van der Waals surface area contributed by atoms with Crippen molar-refractivity contribution in [3.05, 3.63) is 17.0 Å². The van der Waals surface area contributed by atoms with E-state index in [1.807, 2.05) is 11.6 Å². The van der Waals surface area contributed by atoms with E-state index >= 15 is 0 Å². The molecule has 5 nitrogen and oxygen atoms in total. The molecule has 5 heteroatoms. The average molecular weight is 266 g/mol. The van der Waals surface area contributed by atoms with Crippen LogP contribution in [-0.2, 0) is 13.1 Å². The van der Waals surface area contributed by atoms with Gasteiger partial charge in [-0.25, -0.2) is 0 Å². The number of nitrogens with zero attached hydrogens (tertiary/aromatic N) is 4. The van der Waals surface area contributed by atoms with E-state index in [4.69, 9.17) is 0 Å². The largest absolute Gasteiger partial charge is 0.343 e. The lowest BCUT2D eigenvalue weighted by atomic mass is 10.1. The summed E-state index contributed by atoms with van der Waals surface area (Å²) in [5, 5.41) is 4.46. The van der Waals surface area contributed by atoms with Crippen molar-refractivity contribution in [3.63, 3.8) is 0 Å². The third-order valence-electron chi connectivity index (χ3n) is 3.51. The van der Waals surface area contributed by atoms with Crippen molar-refractivity contribution in [2.45, 2.75) is 46.8 Å². The summed E-state index contributed by atoms with van der Waals surface area (Å²) in [6.07, 6.45) is 0. The maximum absolute atomic E-state index is 12.1. The molecule has 0 aliphatic carbocycles. The molecule has 0 bridgehead atoms. The molecule has 0 fully saturated rings. The Bertz CT molecular complexity index is 449. The predicted octanol–water partition coefficient (Wildman–Crippen LogP) is 1.75. The lowest BCUT2D eigenvalue weighted by molar-refractivity contribution is 0.0820. The molecule has 1 amide bonds. The Kier molecular flexibility index (Phi) is 5.11. The summed E-state index contributed by atoms with van der Waals surface area (Å²) in [7, 11) is 5.60. The topological polar surface area (TPSA) is 41.4 Å². The molecular formula is C14H26N4O. The molecule has 0 unspecified atom stereocenters. The van der Waals surface area contributed by atoms with Gasteiger partial charge in [0, 0.05) is 38.8 Å². The van der Waals surface area contributed by atoms with Gasteiger partial charge in [-0.3, -0.25) is 14.4 Å². The first kappa shape index (κ1) is 15.7. The highest BCUT2D eigenvalue weighted by atomic mass is 16.2. The van der Waals surface area contributed by atoms with Crippen LogP contribution >= 0.6 is 0 Å². The average Bonchev–Trinajstić information content (AvgIpc) is 2.65. The van der Waals surface area contributed by atoms with E-state index in [0.717, 1.165) is 24.3 Å². The zero-order valence-corrected chi connectivity index (χ0v) is 13.2. The molecule has 1 aromatic rings. The standard InChI is InChI=1S/C14H26N4O/c1-8-18-12(9-17(7)10(2)3)11(4)13(15-18)14(19)16(5)6/h10H,8-9H2,1-7H3. The third kappa shape index (κ3) is 3.35. The second-order valence-electron chi connectivity index (χ2n) is 5.44. The molecule has 1 heterocycles. The van der Waals surface area contributed by atoms with E-state index < -0.39 is 0 Å². The van der Waals surface area contributed by atoms with Crippen molar-refractivity contribution >= 4 is 5.91 Å². The van der Waals surface area contributed by atoms with E-state index in [-0.39, 0.29) is 5.91 Å². The third-order valence-corrected chi connectivity index (χ3v) is 3.51. The summed E-state index contributed by atoms with van der Waals surface area (Å²) < 4.78 is 1.94. The Labute approximate surface area is 116 Å². The van der Waals surface area contributed by atoms with Crippen LogP contribution in [0.5, 0.6) is 0 Å². The maximum Gasteiger partial charge on any atom is 0.274 e. The number of carbonyl (C=O) groups excluding carboxylic acids is 1. The molecule has 0 saturated heterocycles. The minimum absolute atomic E-state index is 0.0295. The lowest BCUT2D eigenvalue weighted by Crippen LogP contribution is -2.27. The molecule has 0 spiro atoms. The van der Waals surface area contributed by atoms with E-state index in [0.29, 0.717) is 11.7 Å². The number of aromatic nitrogens is 2. The SMILES string of the molecule is CCn1nc(C(=O)N(C)C)c(C)c1CN(C)C(C)C. The first-order valence-corrected chi connectivity index (χ1v) is 6.77. The van der Waals surface area contributed by atoms with Gasteiger partial charge in [-0.05, 0) is 34.7 Å². The van der Waals surface area contributed by atoms with E-state index in [2.05, 4.69) is 37.8 Å². The van der Waals surface area contributed by atoms with Gasteiger partial charge in [-0.2, -0.15) is 5.10 Å². The molecule has 0 saturated carbocycles. The fourth-order valence-corrected chi connectivity index (χ4v) is 1.88. The minimum Gasteiger partial charge on any atom is -0.343 e. The van der Waals surface area contributed by atoms with E-state index in [9.17, 15) is 4.79 Å². The number of hydrogen-bond donors (Lipinski definition) is 0. The Hall–Kier alpha value is -1.36. The summed E-state index contributed by atoms with van der Waals surface area (Å²) in [4.78, 5) is 15.9. The van der Waals surface area contributed by atoms with Crippen LogP contribution in [0.1, 0.15) is 42.5 Å². The van der Waals surface area contributed by atoms with Gasteiger partial charge in [0.2, 0.25) is 0 Å². The van der Waals surface area contributed by atoms with Crippen molar-refractivity contribution in [1.82, 2.24) is 19.6 Å². The lowest BCUT2D eigenvalue weighted by Gasteiger charge is -2.21. The molecule has 0 N–H and O–H groups in total. The van der Waals surface area contributed by atoms with Crippen molar-refractivity contribution in [1.29, 1.82) is 0 Å². The molecule has 0 aromatic carbocycles. The summed E-state index contributed by atoms with van der Waals surface area (Å²) in [5.41, 5.74) is 2.69. The van der Waals surface area contributed by atoms with E-state index in [1.54, 1.807) is 19.0 Å². The number of aryl methyl sites for hydroxylation is 1. The molecule has 19 heavy (non-hydrogen) atoms. The van der Waals surface area contributed by atoms with Crippen LogP contribution in [0.25, 0.3) is 0 Å². The zero-order chi connectivity index (χ0) is 14.7. The van der Waals surface area contributed by atoms with Crippen LogP contribution in [0.3, 0.4) is 0 Å². The van der Waals surface area contributed by atoms with Crippen molar-refractivity contribution in [2.75, 3.05) is 21.1 Å². The Morgan fingerprint density at radius 2 is 1.89 bits per heavy atom. The first-order chi connectivity index (χ1) is 8.79. The fraction of sp³-hybridized carbons (Fsp3) is 0.714. The number of amides is 1. The van der Waals surface area contributed by atoms with Crippen LogP contribution in [-0.4, -0.2) is 52.7 Å². The van der Waals surface area contributed by atoms with Gasteiger partial charge in [0.05, 0.1) is 5.69 Å². The van der Waals surface area contributed by atoms with Gasteiger partial charge in [0.15, 0.2) is 5.69 Å². The van der Waals surface area contributed by atoms with Crippen LogP contribution in [0.2, 0.25) is 0 Å². The Morgan fingerprint density at radius 1 is 1.32 bits per heavy atom. The molecular weight excluding hydrogens is 240 g/mol. The van der Waals surface area contributed by atoms with Crippen LogP contribution in [0.4, 0.5) is 0 Å². The summed E-state index contributed by atoms with van der Waals surface area (Å²) >= 11 is 0. The normalized spacial score (nSPS) is 11.4. The number of carbonyl (C=O) groups is 1. The number of hydrogen-bond acceptors (Lipinski definition) is 3. The van der Waals surface area contributed by atoms with Gasteiger partial charge in [-0.1, -0.05) is 0 Å². The minimum atomic E-state index is -0.0295. The maximum atomic E-state index is 12.1. The van der Waals surface area contributed by atoms with E-state index in [1.165, 1.54) is 0 Å².